The molecule has 4 heteroatoms. The maximum atomic E-state index is 10.3. The van der Waals surface area contributed by atoms with Gasteiger partial charge in [-0.3, -0.25) is 0 Å². The maximum Gasteiger partial charge on any atom is 0.191 e. The van der Waals surface area contributed by atoms with Gasteiger partial charge in [0.15, 0.2) is 5.79 Å². The van der Waals surface area contributed by atoms with Crippen molar-refractivity contribution >= 4 is 0 Å². The summed E-state index contributed by atoms with van der Waals surface area (Å²) in [5.74, 6) is -0.870. The topological polar surface area (TPSA) is 47.9 Å². The Hall–Kier alpha value is -0.480. The van der Waals surface area contributed by atoms with Crippen molar-refractivity contribution < 1.29 is 9.47 Å². The molecule has 0 rings (SSSR count). The second kappa shape index (κ2) is 5.22. The summed E-state index contributed by atoms with van der Waals surface area (Å²) < 4.78 is 10.6. The molecule has 0 saturated heterocycles. The standard InChI is InChI=1S/C8H17NO3/c1-5-11-8(4,12-6-2)7(3)9-10/h7H,5-6H2,1-4H3. The first-order valence-electron chi connectivity index (χ1n) is 4.21. The van der Waals surface area contributed by atoms with Crippen LogP contribution in [-0.4, -0.2) is 25.0 Å². The molecule has 0 saturated carbocycles. The predicted molar refractivity (Wildman–Crippen MR) is 46.9 cm³/mol. The van der Waals surface area contributed by atoms with E-state index >= 15 is 0 Å². The zero-order chi connectivity index (χ0) is 9.61. The van der Waals surface area contributed by atoms with Crippen LogP contribution in [0.1, 0.15) is 27.7 Å². The molecule has 0 aromatic rings. The fraction of sp³-hybridized carbons (Fsp3) is 1.00. The molecular weight excluding hydrogens is 158 g/mol. The van der Waals surface area contributed by atoms with E-state index < -0.39 is 11.8 Å². The third-order valence-electron chi connectivity index (χ3n) is 1.78. The first-order valence-corrected chi connectivity index (χ1v) is 4.21. The first kappa shape index (κ1) is 11.5. The Labute approximate surface area is 73.2 Å². The largest absolute Gasteiger partial charge is 0.348 e. The summed E-state index contributed by atoms with van der Waals surface area (Å²) in [6.07, 6.45) is 0. The quantitative estimate of drug-likeness (QED) is 0.457. The molecule has 0 aliphatic carbocycles. The highest BCUT2D eigenvalue weighted by molar-refractivity contribution is 4.76. The molecule has 0 fully saturated rings. The van der Waals surface area contributed by atoms with Gasteiger partial charge in [0.1, 0.15) is 6.04 Å². The van der Waals surface area contributed by atoms with Gasteiger partial charge >= 0.3 is 0 Å². The Morgan fingerprint density at radius 3 is 2.00 bits per heavy atom. The molecule has 0 aliphatic heterocycles. The minimum Gasteiger partial charge on any atom is -0.348 e. The van der Waals surface area contributed by atoms with Crippen molar-refractivity contribution in [3.05, 3.63) is 4.91 Å². The fourth-order valence-corrected chi connectivity index (χ4v) is 0.952. The number of nitroso groups, excluding NO2 is 1. The summed E-state index contributed by atoms with van der Waals surface area (Å²) in [5.41, 5.74) is 0. The van der Waals surface area contributed by atoms with E-state index in [2.05, 4.69) is 5.18 Å². The Balaban J connectivity index is 4.25. The van der Waals surface area contributed by atoms with Gasteiger partial charge in [-0.2, -0.15) is 4.91 Å². The van der Waals surface area contributed by atoms with Gasteiger partial charge in [0.2, 0.25) is 0 Å². The average molecular weight is 175 g/mol. The molecule has 1 atom stereocenters. The lowest BCUT2D eigenvalue weighted by molar-refractivity contribution is -0.230. The van der Waals surface area contributed by atoms with E-state index in [0.717, 1.165) is 0 Å². The van der Waals surface area contributed by atoms with Crippen LogP contribution in [0, 0.1) is 4.91 Å². The molecule has 1 unspecified atom stereocenters. The maximum absolute atomic E-state index is 10.3. The molecular formula is C8H17NO3. The third-order valence-corrected chi connectivity index (χ3v) is 1.78. The van der Waals surface area contributed by atoms with Gasteiger partial charge in [-0.15, -0.1) is 0 Å². The lowest BCUT2D eigenvalue weighted by Gasteiger charge is -2.30. The van der Waals surface area contributed by atoms with Gasteiger partial charge in [0, 0.05) is 13.2 Å². The van der Waals surface area contributed by atoms with Gasteiger partial charge in [-0.05, 0) is 27.7 Å². The van der Waals surface area contributed by atoms with Gasteiger partial charge < -0.3 is 9.47 Å². The normalized spacial score (nSPS) is 14.3. The summed E-state index contributed by atoms with van der Waals surface area (Å²) in [6.45, 7) is 8.14. The van der Waals surface area contributed by atoms with Crippen LogP contribution in [0.15, 0.2) is 5.18 Å². The molecule has 0 radical (unpaired) electrons. The van der Waals surface area contributed by atoms with Crippen LogP contribution in [0.5, 0.6) is 0 Å². The van der Waals surface area contributed by atoms with Crippen LogP contribution in [0.3, 0.4) is 0 Å². The second-order valence-electron chi connectivity index (χ2n) is 2.66. The monoisotopic (exact) mass is 175 g/mol. The highest BCUT2D eigenvalue weighted by Gasteiger charge is 2.33. The van der Waals surface area contributed by atoms with E-state index in [1.165, 1.54) is 0 Å². The van der Waals surface area contributed by atoms with Crippen molar-refractivity contribution in [3.63, 3.8) is 0 Å². The number of rotatable bonds is 6. The lowest BCUT2D eigenvalue weighted by Crippen LogP contribution is -2.42. The Bertz CT molecular complexity index is 132. The van der Waals surface area contributed by atoms with Crippen LogP contribution >= 0.6 is 0 Å². The first-order chi connectivity index (χ1) is 5.60. The molecule has 72 valence electrons. The fourth-order valence-electron chi connectivity index (χ4n) is 0.952. The van der Waals surface area contributed by atoms with Gasteiger partial charge in [-0.1, -0.05) is 5.18 Å². The van der Waals surface area contributed by atoms with Crippen molar-refractivity contribution in [1.29, 1.82) is 0 Å². The highest BCUT2D eigenvalue weighted by atomic mass is 16.7. The molecule has 0 aliphatic rings. The molecule has 0 aromatic carbocycles. The van der Waals surface area contributed by atoms with E-state index in [9.17, 15) is 4.91 Å². The molecule has 12 heavy (non-hydrogen) atoms. The molecule has 0 N–H and O–H groups in total. The van der Waals surface area contributed by atoms with Crippen molar-refractivity contribution in [2.45, 2.75) is 39.5 Å². The Morgan fingerprint density at radius 2 is 1.75 bits per heavy atom. The zero-order valence-corrected chi connectivity index (χ0v) is 8.16. The van der Waals surface area contributed by atoms with Gasteiger partial charge in [-0.25, -0.2) is 0 Å². The highest BCUT2D eigenvalue weighted by Crippen LogP contribution is 2.19. The van der Waals surface area contributed by atoms with E-state index in [4.69, 9.17) is 9.47 Å². The van der Waals surface area contributed by atoms with Gasteiger partial charge in [0.05, 0.1) is 0 Å². The molecule has 4 nitrogen and oxygen atoms in total. The number of hydrogen-bond donors (Lipinski definition) is 0. The molecule has 0 spiro atoms. The third kappa shape index (κ3) is 2.87. The average Bonchev–Trinajstić information content (AvgIpc) is 2.04. The van der Waals surface area contributed by atoms with E-state index in [-0.39, 0.29) is 0 Å². The molecule has 0 heterocycles. The summed E-state index contributed by atoms with van der Waals surface area (Å²) in [5, 5.41) is 2.90. The minimum absolute atomic E-state index is 0.489. The van der Waals surface area contributed by atoms with Crippen molar-refractivity contribution in [1.82, 2.24) is 0 Å². The Morgan fingerprint density at radius 1 is 1.33 bits per heavy atom. The predicted octanol–water partition coefficient (Wildman–Crippen LogP) is 1.93. The number of ether oxygens (including phenoxy) is 2. The van der Waals surface area contributed by atoms with Crippen molar-refractivity contribution in [3.8, 4) is 0 Å². The Kier molecular flexibility index (Phi) is 5.01. The smallest absolute Gasteiger partial charge is 0.191 e. The van der Waals surface area contributed by atoms with Crippen LogP contribution in [0.2, 0.25) is 0 Å². The van der Waals surface area contributed by atoms with E-state index in [0.29, 0.717) is 13.2 Å². The summed E-state index contributed by atoms with van der Waals surface area (Å²) in [7, 11) is 0. The minimum atomic E-state index is -0.870. The van der Waals surface area contributed by atoms with Crippen LogP contribution in [0.4, 0.5) is 0 Å². The second-order valence-corrected chi connectivity index (χ2v) is 2.66. The lowest BCUT2D eigenvalue weighted by atomic mass is 10.1. The van der Waals surface area contributed by atoms with Crippen molar-refractivity contribution in [2.24, 2.45) is 5.18 Å². The van der Waals surface area contributed by atoms with E-state index in [1.54, 1.807) is 13.8 Å². The zero-order valence-electron chi connectivity index (χ0n) is 8.16. The van der Waals surface area contributed by atoms with E-state index in [1.807, 2.05) is 13.8 Å². The van der Waals surface area contributed by atoms with Gasteiger partial charge in [0.25, 0.3) is 0 Å². The van der Waals surface area contributed by atoms with Crippen molar-refractivity contribution in [2.75, 3.05) is 13.2 Å². The summed E-state index contributed by atoms with van der Waals surface area (Å²) in [4.78, 5) is 10.3. The summed E-state index contributed by atoms with van der Waals surface area (Å²) >= 11 is 0. The summed E-state index contributed by atoms with van der Waals surface area (Å²) in [6, 6.07) is -0.489. The van der Waals surface area contributed by atoms with Crippen LogP contribution in [0.25, 0.3) is 0 Å². The van der Waals surface area contributed by atoms with Crippen LogP contribution in [-0.2, 0) is 9.47 Å². The SMILES string of the molecule is CCOC(C)(OCC)C(C)N=O. The molecule has 0 aromatic heterocycles. The number of nitrogens with zero attached hydrogens (tertiary/aromatic N) is 1. The van der Waals surface area contributed by atoms with Crippen LogP contribution < -0.4 is 0 Å². The molecule has 0 bridgehead atoms. The number of hydrogen-bond acceptors (Lipinski definition) is 4. The molecule has 0 amide bonds.